The third-order valence-corrected chi connectivity index (χ3v) is 10.7. The predicted molar refractivity (Wildman–Crippen MR) is 198 cm³/mol. The van der Waals surface area contributed by atoms with E-state index in [-0.39, 0.29) is 12.2 Å². The summed E-state index contributed by atoms with van der Waals surface area (Å²) in [5, 5.41) is 3.78. The van der Waals surface area contributed by atoms with Crippen LogP contribution in [0, 0.1) is 0 Å². The van der Waals surface area contributed by atoms with Crippen LogP contribution in [0.3, 0.4) is 0 Å². The highest BCUT2D eigenvalue weighted by Gasteiger charge is 2.35. The third-order valence-electron chi connectivity index (χ3n) is 9.48. The van der Waals surface area contributed by atoms with Crippen LogP contribution in [-0.4, -0.2) is 21.3 Å². The Hall–Kier alpha value is -5.78. The van der Waals surface area contributed by atoms with E-state index in [2.05, 4.69) is 167 Å². The fourth-order valence-electron chi connectivity index (χ4n) is 7.37. The van der Waals surface area contributed by atoms with Gasteiger partial charge in [0.2, 0.25) is 0 Å². The Labute approximate surface area is 275 Å². The van der Waals surface area contributed by atoms with Crippen LogP contribution in [0.4, 0.5) is 5.69 Å². The Bertz CT molecular complexity index is 2590. The van der Waals surface area contributed by atoms with Gasteiger partial charge in [-0.05, 0) is 54.1 Å². The fourth-order valence-corrected chi connectivity index (χ4v) is 8.62. The lowest BCUT2D eigenvalue weighted by molar-refractivity contribution is 0.696. The molecule has 4 nitrogen and oxygen atoms in total. The quantitative estimate of drug-likeness (QED) is 0.196. The summed E-state index contributed by atoms with van der Waals surface area (Å²) in [6.45, 7) is 0. The van der Waals surface area contributed by atoms with E-state index in [1.165, 1.54) is 31.1 Å². The molecule has 8 aromatic rings. The van der Waals surface area contributed by atoms with Crippen LogP contribution >= 0.6 is 11.3 Å². The van der Waals surface area contributed by atoms with Gasteiger partial charge in [-0.2, -0.15) is 0 Å². The van der Waals surface area contributed by atoms with Crippen LogP contribution in [-0.2, 0) is 0 Å². The average Bonchev–Trinajstić information content (AvgIpc) is 3.82. The number of nitrogens with zero attached hydrogens (tertiary/aromatic N) is 4. The summed E-state index contributed by atoms with van der Waals surface area (Å²) >= 11 is 1.86. The van der Waals surface area contributed by atoms with Gasteiger partial charge < -0.3 is 9.47 Å². The van der Waals surface area contributed by atoms with Crippen molar-refractivity contribution >= 4 is 64.8 Å². The monoisotopic (exact) mass is 620 g/mol. The first-order valence-corrected chi connectivity index (χ1v) is 16.8. The maximum absolute atomic E-state index is 5.39. The molecule has 0 fully saturated rings. The number of pyridine rings is 1. The molecule has 10 rings (SSSR count). The first kappa shape index (κ1) is 26.4. The van der Waals surface area contributed by atoms with Crippen molar-refractivity contribution in [1.29, 1.82) is 0 Å². The number of thiophene rings is 1. The molecule has 5 heteroatoms. The van der Waals surface area contributed by atoms with Gasteiger partial charge in [-0.25, -0.2) is 4.98 Å². The molecule has 5 aromatic carbocycles. The van der Waals surface area contributed by atoms with E-state index in [4.69, 9.17) is 9.98 Å². The summed E-state index contributed by atoms with van der Waals surface area (Å²) in [4.78, 5) is 13.0. The number of aliphatic imine (C=N–C) groups is 1. The van der Waals surface area contributed by atoms with E-state index < -0.39 is 0 Å². The minimum Gasteiger partial charge on any atom is -0.334 e. The van der Waals surface area contributed by atoms with Gasteiger partial charge in [-0.15, -0.1) is 11.3 Å². The molecule has 4 heterocycles. The lowest BCUT2D eigenvalue weighted by atomic mass is 10.0. The zero-order valence-electron chi connectivity index (χ0n) is 25.4. The molecule has 0 radical (unpaired) electrons. The summed E-state index contributed by atoms with van der Waals surface area (Å²) in [5.74, 6) is 0. The fraction of sp³-hybridized carbons (Fsp3) is 0.0476. The smallest absolute Gasteiger partial charge is 0.148 e. The van der Waals surface area contributed by atoms with Crippen LogP contribution < -0.4 is 4.90 Å². The number of anilines is 1. The van der Waals surface area contributed by atoms with Gasteiger partial charge in [0.25, 0.3) is 0 Å². The molecule has 2 aliphatic rings. The molecule has 3 aromatic heterocycles. The Morgan fingerprint density at radius 1 is 0.638 bits per heavy atom. The minimum absolute atomic E-state index is 0.0758. The predicted octanol–water partition coefficient (Wildman–Crippen LogP) is 10.7. The molecular weight excluding hydrogens is 593 g/mol. The summed E-state index contributed by atoms with van der Waals surface area (Å²) in [7, 11) is 0. The van der Waals surface area contributed by atoms with Crippen LogP contribution in [0.2, 0.25) is 0 Å². The van der Waals surface area contributed by atoms with Crippen LogP contribution in [0.5, 0.6) is 0 Å². The molecule has 47 heavy (non-hydrogen) atoms. The lowest BCUT2D eigenvalue weighted by Gasteiger charge is -2.31. The molecule has 0 N–H and O–H groups in total. The molecule has 1 aliphatic heterocycles. The second-order valence-corrected chi connectivity index (χ2v) is 13.2. The molecule has 2 unspecified atom stereocenters. The van der Waals surface area contributed by atoms with E-state index in [1.807, 2.05) is 11.3 Å². The largest absolute Gasteiger partial charge is 0.334 e. The van der Waals surface area contributed by atoms with Crippen molar-refractivity contribution in [2.24, 2.45) is 4.99 Å². The standard InChI is InChI=1S/C42H28N4S/c1-3-12-27(13-4-1)33-23-25-37-40(43-33)39-36(24-22-32-31-18-7-10-21-38(31)47-41(32)39)45(37)29-16-11-17-30(26-29)46-35-20-9-8-19-34(35)44-42(46)28-14-5-2-6-15-28/h1-26,35,42H. The molecule has 0 spiro atoms. The molecule has 0 bridgehead atoms. The van der Waals surface area contributed by atoms with Gasteiger partial charge in [-0.3, -0.25) is 4.99 Å². The number of aromatic nitrogens is 2. The van der Waals surface area contributed by atoms with E-state index in [0.717, 1.165) is 44.9 Å². The van der Waals surface area contributed by atoms with Gasteiger partial charge in [-0.1, -0.05) is 109 Å². The van der Waals surface area contributed by atoms with Crippen molar-refractivity contribution in [2.75, 3.05) is 4.90 Å². The summed E-state index contributed by atoms with van der Waals surface area (Å²) < 4.78 is 4.97. The van der Waals surface area contributed by atoms with Crippen LogP contribution in [0.25, 0.3) is 59.1 Å². The maximum atomic E-state index is 5.39. The van der Waals surface area contributed by atoms with Crippen molar-refractivity contribution in [3.05, 3.63) is 163 Å². The van der Waals surface area contributed by atoms with Gasteiger partial charge in [0.15, 0.2) is 0 Å². The topological polar surface area (TPSA) is 33.4 Å². The number of allylic oxidation sites excluding steroid dienone is 2. The van der Waals surface area contributed by atoms with Crippen LogP contribution in [0.1, 0.15) is 11.7 Å². The third kappa shape index (κ3) is 4.07. The summed E-state index contributed by atoms with van der Waals surface area (Å²) in [5.41, 5.74) is 9.89. The van der Waals surface area contributed by atoms with Gasteiger partial charge in [0.05, 0.1) is 34.0 Å². The van der Waals surface area contributed by atoms with Crippen LogP contribution in [0.15, 0.2) is 163 Å². The van der Waals surface area contributed by atoms with Gasteiger partial charge in [0.1, 0.15) is 6.17 Å². The molecule has 0 amide bonds. The molecule has 2 atom stereocenters. The Kier molecular flexibility index (Phi) is 5.84. The van der Waals surface area contributed by atoms with Gasteiger partial charge in [0, 0.05) is 42.5 Å². The van der Waals surface area contributed by atoms with Crippen molar-refractivity contribution in [2.45, 2.75) is 12.2 Å². The average molecular weight is 621 g/mol. The Morgan fingerprint density at radius 3 is 2.32 bits per heavy atom. The van der Waals surface area contributed by atoms with Gasteiger partial charge >= 0.3 is 0 Å². The number of benzene rings is 5. The number of fused-ring (bicyclic) bond motifs is 8. The maximum Gasteiger partial charge on any atom is 0.148 e. The summed E-state index contributed by atoms with van der Waals surface area (Å²) in [6, 6.07) is 47.8. The molecule has 0 saturated carbocycles. The number of hydrogen-bond donors (Lipinski definition) is 0. The second kappa shape index (κ2) is 10.4. The van der Waals surface area contributed by atoms with E-state index in [1.54, 1.807) is 0 Å². The highest BCUT2D eigenvalue weighted by molar-refractivity contribution is 7.26. The first-order valence-electron chi connectivity index (χ1n) is 16.0. The van der Waals surface area contributed by atoms with Crippen molar-refractivity contribution in [1.82, 2.24) is 9.55 Å². The van der Waals surface area contributed by atoms with E-state index >= 15 is 0 Å². The number of rotatable bonds is 4. The molecule has 0 saturated heterocycles. The van der Waals surface area contributed by atoms with Crippen molar-refractivity contribution in [3.8, 4) is 16.9 Å². The highest BCUT2D eigenvalue weighted by atomic mass is 32.1. The van der Waals surface area contributed by atoms with E-state index in [9.17, 15) is 0 Å². The Balaban J connectivity index is 1.21. The highest BCUT2D eigenvalue weighted by Crippen LogP contribution is 2.44. The Morgan fingerprint density at radius 2 is 1.43 bits per heavy atom. The molecule has 222 valence electrons. The SMILES string of the molecule is C1=CC2=NC(c3ccccc3)N(c3cccc(-n4c5ccc(-c6ccccc6)nc5c5c6sc7ccccc7c6ccc54)c3)C2C=C1. The van der Waals surface area contributed by atoms with Crippen molar-refractivity contribution < 1.29 is 0 Å². The summed E-state index contributed by atoms with van der Waals surface area (Å²) in [6.07, 6.45) is 8.50. The minimum atomic E-state index is -0.106. The zero-order valence-corrected chi connectivity index (χ0v) is 26.2. The zero-order chi connectivity index (χ0) is 30.9. The first-order chi connectivity index (χ1) is 23.3. The second-order valence-electron chi connectivity index (χ2n) is 12.2. The molecular formula is C42H28N4S. The normalized spacial score (nSPS) is 17.3. The van der Waals surface area contributed by atoms with Crippen molar-refractivity contribution in [3.63, 3.8) is 0 Å². The molecule has 1 aliphatic carbocycles. The number of hydrogen-bond acceptors (Lipinski definition) is 4. The lowest BCUT2D eigenvalue weighted by Crippen LogP contribution is -2.35. The van der Waals surface area contributed by atoms with E-state index in [0.29, 0.717) is 0 Å².